The molecule has 31 heavy (non-hydrogen) atoms. The van der Waals surface area contributed by atoms with Crippen LogP contribution in [0.3, 0.4) is 0 Å². The molecule has 5 rings (SSSR count). The molecule has 1 aromatic carbocycles. The van der Waals surface area contributed by atoms with Crippen LogP contribution in [0.15, 0.2) is 29.4 Å². The number of nitrogens with one attached hydrogen (secondary N) is 1. The Labute approximate surface area is 184 Å². The molecule has 0 amide bonds. The Morgan fingerprint density at radius 3 is 2.65 bits per heavy atom. The maximum atomic E-state index is 12.8. The predicted molar refractivity (Wildman–Crippen MR) is 114 cm³/mol. The molecule has 168 valence electrons. The fourth-order valence-electron chi connectivity index (χ4n) is 5.08. The second-order valence-electron chi connectivity index (χ2n) is 9.22. The Hall–Kier alpha value is -1.58. The number of halogens is 3. The summed E-state index contributed by atoms with van der Waals surface area (Å²) in [5.41, 5.74) is 0.781. The summed E-state index contributed by atoms with van der Waals surface area (Å²) in [6.45, 7) is 5.18. The molecule has 1 N–H and O–H groups in total. The molecule has 1 aliphatic carbocycles. The zero-order valence-electron chi connectivity index (χ0n) is 17.7. The molecular formula is C22H28F3N5S. The number of aromatic nitrogens is 3. The summed E-state index contributed by atoms with van der Waals surface area (Å²) in [5.74, 6) is 2.99. The minimum atomic E-state index is -4.26. The van der Waals surface area contributed by atoms with Gasteiger partial charge in [0.15, 0.2) is 5.16 Å². The predicted octanol–water partition coefficient (Wildman–Crippen LogP) is 3.88. The molecule has 3 heterocycles. The standard InChI is InChI=1S/C22H28F3N5S/c1-29-19(16-12-26-13-16)27-28-20(29)31-10-2-8-30-9-7-21(14-30)11-18(21)15-3-5-17(6-4-15)22(23,24)25/h3-6,16,18,26H,2,7-14H2,1H3/t18-,21+/m1/s1. The molecule has 3 fully saturated rings. The van der Waals surface area contributed by atoms with Crippen LogP contribution in [0.4, 0.5) is 13.2 Å². The molecule has 9 heteroatoms. The van der Waals surface area contributed by atoms with Crippen molar-refractivity contribution in [3.8, 4) is 0 Å². The van der Waals surface area contributed by atoms with E-state index in [2.05, 4.69) is 32.0 Å². The Morgan fingerprint density at radius 1 is 1.19 bits per heavy atom. The number of thioether (sulfide) groups is 1. The van der Waals surface area contributed by atoms with Gasteiger partial charge in [0.1, 0.15) is 5.82 Å². The smallest absolute Gasteiger partial charge is 0.315 e. The van der Waals surface area contributed by atoms with Crippen molar-refractivity contribution in [2.45, 2.75) is 42.4 Å². The molecule has 1 saturated carbocycles. The number of hydrogen-bond donors (Lipinski definition) is 1. The quantitative estimate of drug-likeness (QED) is 0.511. The van der Waals surface area contributed by atoms with Gasteiger partial charge in [-0.15, -0.1) is 10.2 Å². The van der Waals surface area contributed by atoms with Crippen molar-refractivity contribution in [3.63, 3.8) is 0 Å². The zero-order chi connectivity index (χ0) is 21.6. The zero-order valence-corrected chi connectivity index (χ0v) is 18.5. The van der Waals surface area contributed by atoms with Crippen molar-refractivity contribution < 1.29 is 13.2 Å². The Morgan fingerprint density at radius 2 is 1.97 bits per heavy atom. The van der Waals surface area contributed by atoms with Gasteiger partial charge in [-0.3, -0.25) is 0 Å². The largest absolute Gasteiger partial charge is 0.416 e. The highest BCUT2D eigenvalue weighted by Crippen LogP contribution is 2.64. The Bertz CT molecular complexity index is 924. The Balaban J connectivity index is 1.07. The van der Waals surface area contributed by atoms with E-state index in [1.807, 2.05) is 0 Å². The second kappa shape index (κ2) is 8.08. The highest BCUT2D eigenvalue weighted by atomic mass is 32.2. The summed E-state index contributed by atoms with van der Waals surface area (Å²) in [5, 5.41) is 13.0. The highest BCUT2D eigenvalue weighted by molar-refractivity contribution is 7.99. The molecule has 3 aliphatic rings. The maximum absolute atomic E-state index is 12.8. The summed E-state index contributed by atoms with van der Waals surface area (Å²) < 4.78 is 40.5. The first-order valence-electron chi connectivity index (χ1n) is 11.0. The number of likely N-dealkylation sites (tertiary alicyclic amines) is 1. The average Bonchev–Trinajstić information content (AvgIpc) is 3.06. The molecule has 2 aliphatic heterocycles. The van der Waals surface area contributed by atoms with Crippen LogP contribution in [0.1, 0.15) is 48.0 Å². The van der Waals surface area contributed by atoms with E-state index in [-0.39, 0.29) is 5.41 Å². The molecule has 0 unspecified atom stereocenters. The van der Waals surface area contributed by atoms with E-state index in [1.54, 1.807) is 23.9 Å². The molecule has 1 aromatic heterocycles. The van der Waals surface area contributed by atoms with Crippen molar-refractivity contribution in [2.24, 2.45) is 12.5 Å². The fraction of sp³-hybridized carbons (Fsp3) is 0.636. The lowest BCUT2D eigenvalue weighted by molar-refractivity contribution is -0.137. The third-order valence-corrected chi connectivity index (χ3v) is 8.27. The fourth-order valence-corrected chi connectivity index (χ4v) is 5.92. The minimum Gasteiger partial charge on any atom is -0.315 e. The van der Waals surface area contributed by atoms with Gasteiger partial charge in [0, 0.05) is 38.4 Å². The van der Waals surface area contributed by atoms with Gasteiger partial charge in [-0.2, -0.15) is 13.2 Å². The van der Waals surface area contributed by atoms with Crippen molar-refractivity contribution in [1.82, 2.24) is 25.0 Å². The van der Waals surface area contributed by atoms with Crippen molar-refractivity contribution in [3.05, 3.63) is 41.2 Å². The topological polar surface area (TPSA) is 46.0 Å². The average molecular weight is 452 g/mol. The van der Waals surface area contributed by atoms with Gasteiger partial charge in [0.05, 0.1) is 5.56 Å². The molecule has 2 atom stereocenters. The molecule has 0 bridgehead atoms. The van der Waals surface area contributed by atoms with Crippen molar-refractivity contribution >= 4 is 11.8 Å². The van der Waals surface area contributed by atoms with Crippen LogP contribution in [0.25, 0.3) is 0 Å². The third kappa shape index (κ3) is 4.24. The van der Waals surface area contributed by atoms with Crippen LogP contribution in [0.2, 0.25) is 0 Å². The number of hydrogen-bond acceptors (Lipinski definition) is 5. The van der Waals surface area contributed by atoms with Gasteiger partial charge >= 0.3 is 6.18 Å². The summed E-state index contributed by atoms with van der Waals surface area (Å²) in [7, 11) is 2.05. The van der Waals surface area contributed by atoms with Gasteiger partial charge in [0.2, 0.25) is 0 Å². The lowest BCUT2D eigenvalue weighted by Gasteiger charge is -2.25. The van der Waals surface area contributed by atoms with E-state index < -0.39 is 11.7 Å². The SMILES string of the molecule is Cn1c(SCCCN2CC[C@]3(C[C@@H]3c3ccc(C(F)(F)F)cc3)C2)nnc1C1CNC1. The van der Waals surface area contributed by atoms with Crippen molar-refractivity contribution in [1.29, 1.82) is 0 Å². The maximum Gasteiger partial charge on any atom is 0.416 e. The number of benzene rings is 1. The monoisotopic (exact) mass is 451 g/mol. The van der Waals surface area contributed by atoms with Gasteiger partial charge in [-0.05, 0) is 61.4 Å². The normalized spacial score (nSPS) is 26.5. The van der Waals surface area contributed by atoms with Crippen LogP contribution < -0.4 is 5.32 Å². The van der Waals surface area contributed by atoms with Crippen LogP contribution in [-0.4, -0.2) is 58.1 Å². The lowest BCUT2D eigenvalue weighted by atomic mass is 9.97. The van der Waals surface area contributed by atoms with Crippen molar-refractivity contribution in [2.75, 3.05) is 38.5 Å². The first kappa shape index (κ1) is 21.3. The highest BCUT2D eigenvalue weighted by Gasteiger charge is 2.57. The summed E-state index contributed by atoms with van der Waals surface area (Å²) in [4.78, 5) is 2.52. The summed E-state index contributed by atoms with van der Waals surface area (Å²) in [6, 6.07) is 5.81. The minimum absolute atomic E-state index is 0.280. The van der Waals surface area contributed by atoms with E-state index in [1.165, 1.54) is 12.1 Å². The molecular weight excluding hydrogens is 423 g/mol. The van der Waals surface area contributed by atoms with Crippen LogP contribution in [0, 0.1) is 5.41 Å². The van der Waals surface area contributed by atoms with E-state index >= 15 is 0 Å². The van der Waals surface area contributed by atoms with Crippen LogP contribution in [0.5, 0.6) is 0 Å². The molecule has 5 nitrogen and oxygen atoms in total. The first-order valence-corrected chi connectivity index (χ1v) is 12.0. The van der Waals surface area contributed by atoms with Crippen LogP contribution in [-0.2, 0) is 13.2 Å². The summed E-state index contributed by atoms with van der Waals surface area (Å²) in [6.07, 6.45) is -0.920. The third-order valence-electron chi connectivity index (χ3n) is 7.16. The van der Waals surface area contributed by atoms with E-state index in [9.17, 15) is 13.2 Å². The van der Waals surface area contributed by atoms with Gasteiger partial charge < -0.3 is 14.8 Å². The number of nitrogens with zero attached hydrogens (tertiary/aromatic N) is 4. The van der Waals surface area contributed by atoms with Gasteiger partial charge in [0.25, 0.3) is 0 Å². The summed E-state index contributed by atoms with van der Waals surface area (Å²) >= 11 is 1.77. The second-order valence-corrected chi connectivity index (χ2v) is 10.3. The van der Waals surface area contributed by atoms with Gasteiger partial charge in [-0.25, -0.2) is 0 Å². The molecule has 0 radical (unpaired) electrons. The Kier molecular flexibility index (Phi) is 5.55. The molecule has 1 spiro atoms. The van der Waals surface area contributed by atoms with E-state index in [0.29, 0.717) is 11.8 Å². The number of rotatable bonds is 7. The number of alkyl halides is 3. The van der Waals surface area contributed by atoms with E-state index in [0.717, 1.165) is 74.3 Å². The molecule has 2 saturated heterocycles. The first-order chi connectivity index (χ1) is 14.9. The van der Waals surface area contributed by atoms with Crippen LogP contribution >= 0.6 is 11.8 Å². The van der Waals surface area contributed by atoms with E-state index in [4.69, 9.17) is 0 Å². The van der Waals surface area contributed by atoms with Gasteiger partial charge in [-0.1, -0.05) is 23.9 Å². The lowest BCUT2D eigenvalue weighted by Crippen LogP contribution is -2.41. The molecule has 2 aromatic rings.